The lowest BCUT2D eigenvalue weighted by Crippen LogP contribution is -2.34. The van der Waals surface area contributed by atoms with Crippen LogP contribution in [0.1, 0.15) is 66.5 Å². The zero-order valence-corrected chi connectivity index (χ0v) is 28.0. The molecule has 0 radical (unpaired) electrons. The van der Waals surface area contributed by atoms with Crippen LogP contribution in [0.3, 0.4) is 0 Å². The Labute approximate surface area is 270 Å². The molecule has 0 fully saturated rings. The third-order valence-electron chi connectivity index (χ3n) is 9.63. The maximum Gasteiger partial charge on any atom is 0.312 e. The molecule has 6 rings (SSSR count). The number of benzene rings is 3. The summed E-state index contributed by atoms with van der Waals surface area (Å²) in [4.78, 5) is 20.4. The van der Waals surface area contributed by atoms with E-state index >= 15 is 0 Å². The van der Waals surface area contributed by atoms with Crippen LogP contribution in [-0.4, -0.2) is 57.7 Å². The minimum Gasteiger partial charge on any atom is -0.496 e. The average molecular weight is 622 g/mol. The Morgan fingerprint density at radius 1 is 1.11 bits per heavy atom. The molecule has 0 bridgehead atoms. The van der Waals surface area contributed by atoms with Crippen molar-refractivity contribution in [2.75, 3.05) is 20.8 Å². The highest BCUT2D eigenvalue weighted by Crippen LogP contribution is 2.45. The van der Waals surface area contributed by atoms with E-state index in [2.05, 4.69) is 77.4 Å². The van der Waals surface area contributed by atoms with E-state index in [4.69, 9.17) is 14.2 Å². The highest BCUT2D eigenvalue weighted by Gasteiger charge is 2.41. The van der Waals surface area contributed by atoms with Crippen molar-refractivity contribution in [3.8, 4) is 11.5 Å². The molecule has 1 aliphatic rings. The Kier molecular flexibility index (Phi) is 8.46. The number of aromatic nitrogens is 4. The van der Waals surface area contributed by atoms with Gasteiger partial charge in [0.2, 0.25) is 0 Å². The second kappa shape index (κ2) is 12.4. The summed E-state index contributed by atoms with van der Waals surface area (Å²) >= 11 is 0. The fourth-order valence-electron chi connectivity index (χ4n) is 6.95. The minimum absolute atomic E-state index is 0.0391. The van der Waals surface area contributed by atoms with Gasteiger partial charge in [-0.15, -0.1) is 5.10 Å². The molecule has 240 valence electrons. The number of methoxy groups -OCH3 is 2. The molecule has 1 unspecified atom stereocenters. The molecule has 0 N–H and O–H groups in total. The Balaban J connectivity index is 1.40. The smallest absolute Gasteiger partial charge is 0.312 e. The monoisotopic (exact) mass is 621 g/mol. The Morgan fingerprint density at radius 3 is 2.65 bits per heavy atom. The van der Waals surface area contributed by atoms with Gasteiger partial charge in [0.05, 0.1) is 30.7 Å². The number of pyridine rings is 1. The van der Waals surface area contributed by atoms with Gasteiger partial charge in [0.25, 0.3) is 0 Å². The fourth-order valence-corrected chi connectivity index (χ4v) is 6.95. The number of carbonyl (C=O) groups is 1. The molecule has 9 nitrogen and oxygen atoms in total. The van der Waals surface area contributed by atoms with Crippen molar-refractivity contribution in [3.05, 3.63) is 88.1 Å². The second-order valence-corrected chi connectivity index (χ2v) is 13.0. The predicted molar refractivity (Wildman–Crippen MR) is 179 cm³/mol. The van der Waals surface area contributed by atoms with E-state index < -0.39 is 5.41 Å². The van der Waals surface area contributed by atoms with E-state index in [1.165, 1.54) is 18.2 Å². The summed E-state index contributed by atoms with van der Waals surface area (Å²) < 4.78 is 19.3. The second-order valence-electron chi connectivity index (χ2n) is 13.0. The maximum absolute atomic E-state index is 13.3. The summed E-state index contributed by atoms with van der Waals surface area (Å²) in [5.41, 5.74) is 8.46. The van der Waals surface area contributed by atoms with E-state index in [-0.39, 0.29) is 18.0 Å². The number of esters is 1. The minimum atomic E-state index is -0.847. The molecule has 0 saturated carbocycles. The number of aryl methyl sites for hydroxylation is 3. The normalized spacial score (nSPS) is 16.1. The molecule has 9 heteroatoms. The summed E-state index contributed by atoms with van der Waals surface area (Å²) in [7, 11) is 5.03. The lowest BCUT2D eigenvalue weighted by atomic mass is 9.69. The van der Waals surface area contributed by atoms with Crippen LogP contribution in [0, 0.1) is 19.3 Å². The lowest BCUT2D eigenvalue weighted by Gasteiger charge is -2.34. The number of rotatable bonds is 8. The van der Waals surface area contributed by atoms with Crippen molar-refractivity contribution in [1.29, 1.82) is 0 Å². The number of hydrogen-bond acceptors (Lipinski definition) is 8. The van der Waals surface area contributed by atoms with Crippen LogP contribution >= 0.6 is 0 Å². The summed E-state index contributed by atoms with van der Waals surface area (Å²) in [5.74, 6) is 1.14. The molecule has 2 atom stereocenters. The molecule has 3 aromatic carbocycles. The van der Waals surface area contributed by atoms with Crippen LogP contribution < -0.4 is 9.47 Å². The fraction of sp³-hybridized carbons (Fsp3) is 0.405. The molecule has 0 aliphatic carbocycles. The van der Waals surface area contributed by atoms with E-state index in [0.29, 0.717) is 0 Å². The third kappa shape index (κ3) is 5.57. The average Bonchev–Trinajstić information content (AvgIpc) is 3.33. The van der Waals surface area contributed by atoms with E-state index in [9.17, 15) is 4.79 Å². The number of hydrogen-bond donors (Lipinski definition) is 0. The van der Waals surface area contributed by atoms with Crippen LogP contribution in [0.25, 0.3) is 21.9 Å². The van der Waals surface area contributed by atoms with Gasteiger partial charge in [-0.25, -0.2) is 4.68 Å². The number of fused-ring (bicyclic) bond motifs is 3. The van der Waals surface area contributed by atoms with E-state index in [0.717, 1.165) is 81.7 Å². The first-order valence-corrected chi connectivity index (χ1v) is 15.9. The quantitative estimate of drug-likeness (QED) is 0.178. The van der Waals surface area contributed by atoms with Gasteiger partial charge >= 0.3 is 5.97 Å². The SMILES string of the molecule is CC[C@@H]1CN(Cc2cc(C(c3ccc4c(nnn4C)c3C)C(C)(C)C(=O)OC)ccc2C)Cc2cc3nccc(OC)c3cc2O1. The van der Waals surface area contributed by atoms with E-state index in [1.54, 1.807) is 18.0 Å². The van der Waals surface area contributed by atoms with Gasteiger partial charge in [-0.05, 0) is 86.2 Å². The highest BCUT2D eigenvalue weighted by atomic mass is 16.5. The van der Waals surface area contributed by atoms with Gasteiger partial charge in [-0.1, -0.05) is 36.4 Å². The van der Waals surface area contributed by atoms with Gasteiger partial charge in [-0.2, -0.15) is 0 Å². The Bertz CT molecular complexity index is 1930. The van der Waals surface area contributed by atoms with Crippen molar-refractivity contribution < 1.29 is 19.0 Å². The molecule has 0 amide bonds. The molecule has 1 aliphatic heterocycles. The molecule has 2 aromatic heterocycles. The number of nitrogens with zero attached hydrogens (tertiary/aromatic N) is 5. The van der Waals surface area contributed by atoms with Crippen LogP contribution in [0.2, 0.25) is 0 Å². The van der Waals surface area contributed by atoms with Crippen molar-refractivity contribution >= 4 is 27.9 Å². The Hall–Kier alpha value is -4.50. The van der Waals surface area contributed by atoms with Gasteiger partial charge in [0, 0.05) is 49.7 Å². The van der Waals surface area contributed by atoms with Gasteiger partial charge in [-0.3, -0.25) is 14.7 Å². The van der Waals surface area contributed by atoms with Gasteiger partial charge in [0.15, 0.2) is 0 Å². The lowest BCUT2D eigenvalue weighted by molar-refractivity contribution is -0.151. The number of carbonyl (C=O) groups excluding carboxylic acids is 1. The Morgan fingerprint density at radius 2 is 1.91 bits per heavy atom. The van der Waals surface area contributed by atoms with Crippen molar-refractivity contribution in [2.24, 2.45) is 12.5 Å². The summed E-state index contributed by atoms with van der Waals surface area (Å²) in [6, 6.07) is 16.8. The standard InChI is InChI=1S/C37H43N5O4/c1-9-27-21-42(20-26-17-30-29(18-33(26)46-27)32(44-7)14-15-38-30)19-25-16-24(11-10-22(25)2)34(37(4,5)36(43)45-8)28-12-13-31-35(23(28)3)39-40-41(31)6/h10-18,27,34H,9,19-21H2,1-8H3/t27-,34?/m1/s1. The third-order valence-corrected chi connectivity index (χ3v) is 9.63. The first-order valence-electron chi connectivity index (χ1n) is 15.9. The van der Waals surface area contributed by atoms with Gasteiger partial charge < -0.3 is 14.2 Å². The maximum atomic E-state index is 13.3. The van der Waals surface area contributed by atoms with E-state index in [1.807, 2.05) is 33.0 Å². The largest absolute Gasteiger partial charge is 0.496 e. The molecule has 5 aromatic rings. The first-order chi connectivity index (χ1) is 22.0. The highest BCUT2D eigenvalue weighted by molar-refractivity contribution is 5.87. The molecular weight excluding hydrogens is 578 g/mol. The van der Waals surface area contributed by atoms with Gasteiger partial charge in [0.1, 0.15) is 23.1 Å². The molecule has 3 heterocycles. The zero-order valence-electron chi connectivity index (χ0n) is 28.0. The first kappa shape index (κ1) is 31.5. The van der Waals surface area contributed by atoms with Crippen LogP contribution in [0.5, 0.6) is 11.5 Å². The van der Waals surface area contributed by atoms with Crippen molar-refractivity contribution in [1.82, 2.24) is 24.9 Å². The number of ether oxygens (including phenoxy) is 3. The molecule has 46 heavy (non-hydrogen) atoms. The summed E-state index contributed by atoms with van der Waals surface area (Å²) in [6.45, 7) is 12.6. The summed E-state index contributed by atoms with van der Waals surface area (Å²) in [6.07, 6.45) is 2.71. The molecule has 0 saturated heterocycles. The zero-order chi connectivity index (χ0) is 32.7. The van der Waals surface area contributed by atoms with Crippen LogP contribution in [-0.2, 0) is 29.7 Å². The molecule has 0 spiro atoms. The summed E-state index contributed by atoms with van der Waals surface area (Å²) in [5, 5.41) is 9.64. The molecular formula is C37H43N5O4. The van der Waals surface area contributed by atoms with Crippen molar-refractivity contribution in [3.63, 3.8) is 0 Å². The topological polar surface area (TPSA) is 91.6 Å². The predicted octanol–water partition coefficient (Wildman–Crippen LogP) is 6.65. The van der Waals surface area contributed by atoms with Crippen molar-refractivity contribution in [2.45, 2.75) is 66.2 Å². The van der Waals surface area contributed by atoms with Crippen LogP contribution in [0.15, 0.2) is 54.7 Å². The van der Waals surface area contributed by atoms with Crippen LogP contribution in [0.4, 0.5) is 0 Å².